The van der Waals surface area contributed by atoms with E-state index in [1.54, 1.807) is 0 Å². The number of benzene rings is 1. The van der Waals surface area contributed by atoms with Gasteiger partial charge in [-0.05, 0) is 44.2 Å². The molecule has 0 aliphatic carbocycles. The average Bonchev–Trinajstić information content (AvgIpc) is 2.40. The topological polar surface area (TPSA) is 21.3 Å². The molecule has 0 amide bonds. The number of hydrogen-bond donors (Lipinski definition) is 1. The highest BCUT2D eigenvalue weighted by atomic mass is 16.5. The molecule has 0 aromatic heterocycles. The largest absolute Gasteiger partial charge is 0.380 e. The lowest BCUT2D eigenvalue weighted by molar-refractivity contribution is 0.0285. The molecule has 2 rings (SSSR count). The Balaban J connectivity index is 1.75. The SMILES string of the molecule is CC(CCNC1(C)CCCOC1)c1ccccc1. The maximum atomic E-state index is 5.56. The van der Waals surface area contributed by atoms with Crippen LogP contribution in [-0.2, 0) is 4.74 Å². The van der Waals surface area contributed by atoms with Crippen molar-refractivity contribution >= 4 is 0 Å². The highest BCUT2D eigenvalue weighted by Gasteiger charge is 2.26. The summed E-state index contributed by atoms with van der Waals surface area (Å²) in [6.07, 6.45) is 3.59. The van der Waals surface area contributed by atoms with Crippen LogP contribution in [0.15, 0.2) is 30.3 Å². The molecule has 1 aliphatic heterocycles. The van der Waals surface area contributed by atoms with E-state index in [0.29, 0.717) is 5.92 Å². The first kappa shape index (κ1) is 13.6. The fourth-order valence-electron chi connectivity index (χ4n) is 2.61. The molecule has 1 heterocycles. The lowest BCUT2D eigenvalue weighted by Gasteiger charge is -2.35. The van der Waals surface area contributed by atoms with Crippen LogP contribution in [0.5, 0.6) is 0 Å². The van der Waals surface area contributed by atoms with Gasteiger partial charge >= 0.3 is 0 Å². The molecule has 2 nitrogen and oxygen atoms in total. The van der Waals surface area contributed by atoms with Gasteiger partial charge in [0.1, 0.15) is 0 Å². The summed E-state index contributed by atoms with van der Waals surface area (Å²) in [5.41, 5.74) is 1.62. The average molecular weight is 247 g/mol. The fraction of sp³-hybridized carbons (Fsp3) is 0.625. The van der Waals surface area contributed by atoms with Gasteiger partial charge in [-0.25, -0.2) is 0 Å². The van der Waals surface area contributed by atoms with Crippen LogP contribution in [0.4, 0.5) is 0 Å². The van der Waals surface area contributed by atoms with Gasteiger partial charge < -0.3 is 10.1 Å². The van der Waals surface area contributed by atoms with Gasteiger partial charge in [0, 0.05) is 12.1 Å². The lowest BCUT2D eigenvalue weighted by Crippen LogP contribution is -2.49. The highest BCUT2D eigenvalue weighted by Crippen LogP contribution is 2.21. The van der Waals surface area contributed by atoms with Crippen molar-refractivity contribution in [3.8, 4) is 0 Å². The van der Waals surface area contributed by atoms with E-state index in [1.807, 2.05) is 0 Å². The van der Waals surface area contributed by atoms with E-state index in [0.717, 1.165) is 19.8 Å². The van der Waals surface area contributed by atoms with Crippen molar-refractivity contribution < 1.29 is 4.74 Å². The van der Waals surface area contributed by atoms with Gasteiger partial charge in [-0.2, -0.15) is 0 Å². The fourth-order valence-corrected chi connectivity index (χ4v) is 2.61. The normalized spacial score (nSPS) is 25.9. The number of hydrogen-bond acceptors (Lipinski definition) is 2. The molecule has 1 saturated heterocycles. The van der Waals surface area contributed by atoms with Gasteiger partial charge in [-0.3, -0.25) is 0 Å². The van der Waals surface area contributed by atoms with E-state index in [2.05, 4.69) is 49.5 Å². The maximum Gasteiger partial charge on any atom is 0.0645 e. The molecule has 18 heavy (non-hydrogen) atoms. The molecule has 1 N–H and O–H groups in total. The zero-order valence-corrected chi connectivity index (χ0v) is 11.6. The van der Waals surface area contributed by atoms with Gasteiger partial charge in [0.2, 0.25) is 0 Å². The van der Waals surface area contributed by atoms with Gasteiger partial charge in [0.25, 0.3) is 0 Å². The van der Waals surface area contributed by atoms with Crippen molar-refractivity contribution in [1.82, 2.24) is 5.32 Å². The quantitative estimate of drug-likeness (QED) is 0.861. The summed E-state index contributed by atoms with van der Waals surface area (Å²) in [6.45, 7) is 7.43. The Labute approximate surface area is 111 Å². The van der Waals surface area contributed by atoms with Crippen LogP contribution >= 0.6 is 0 Å². The van der Waals surface area contributed by atoms with E-state index in [1.165, 1.54) is 24.8 Å². The summed E-state index contributed by atoms with van der Waals surface area (Å²) in [5, 5.41) is 3.67. The van der Waals surface area contributed by atoms with Crippen molar-refractivity contribution in [2.75, 3.05) is 19.8 Å². The third-order valence-corrected chi connectivity index (χ3v) is 3.94. The second-order valence-electron chi connectivity index (χ2n) is 5.74. The van der Waals surface area contributed by atoms with E-state index < -0.39 is 0 Å². The summed E-state index contributed by atoms with van der Waals surface area (Å²) in [4.78, 5) is 0. The molecular weight excluding hydrogens is 222 g/mol. The third-order valence-electron chi connectivity index (χ3n) is 3.94. The molecule has 1 aliphatic rings. The molecule has 1 aromatic rings. The standard InChI is InChI=1S/C16H25NO/c1-14(15-7-4-3-5-8-15)9-11-17-16(2)10-6-12-18-13-16/h3-5,7-8,14,17H,6,9-13H2,1-2H3. The number of rotatable bonds is 5. The highest BCUT2D eigenvalue weighted by molar-refractivity contribution is 5.18. The van der Waals surface area contributed by atoms with E-state index >= 15 is 0 Å². The minimum Gasteiger partial charge on any atom is -0.380 e. The Morgan fingerprint density at radius 3 is 2.78 bits per heavy atom. The van der Waals surface area contributed by atoms with E-state index in [-0.39, 0.29) is 5.54 Å². The van der Waals surface area contributed by atoms with Crippen LogP contribution in [-0.4, -0.2) is 25.3 Å². The molecular formula is C16H25NO. The molecule has 0 spiro atoms. The molecule has 2 heteroatoms. The molecule has 0 bridgehead atoms. The Morgan fingerprint density at radius 1 is 1.33 bits per heavy atom. The second-order valence-corrected chi connectivity index (χ2v) is 5.74. The molecule has 0 saturated carbocycles. The predicted molar refractivity (Wildman–Crippen MR) is 75.9 cm³/mol. The molecule has 1 aromatic carbocycles. The minimum atomic E-state index is 0.189. The summed E-state index contributed by atoms with van der Waals surface area (Å²) >= 11 is 0. The van der Waals surface area contributed by atoms with Gasteiger partial charge in [0.15, 0.2) is 0 Å². The Morgan fingerprint density at radius 2 is 2.11 bits per heavy atom. The van der Waals surface area contributed by atoms with Crippen molar-refractivity contribution in [2.45, 2.75) is 44.6 Å². The summed E-state index contributed by atoms with van der Waals surface area (Å²) in [7, 11) is 0. The molecule has 2 unspecified atom stereocenters. The first-order chi connectivity index (χ1) is 8.70. The monoisotopic (exact) mass is 247 g/mol. The van der Waals surface area contributed by atoms with Crippen molar-refractivity contribution in [3.05, 3.63) is 35.9 Å². The van der Waals surface area contributed by atoms with Gasteiger partial charge in [-0.1, -0.05) is 37.3 Å². The summed E-state index contributed by atoms with van der Waals surface area (Å²) < 4.78 is 5.56. The van der Waals surface area contributed by atoms with Crippen LogP contribution in [0, 0.1) is 0 Å². The molecule has 2 atom stereocenters. The van der Waals surface area contributed by atoms with Crippen LogP contribution < -0.4 is 5.32 Å². The second kappa shape index (κ2) is 6.35. The predicted octanol–water partition coefficient (Wildman–Crippen LogP) is 3.34. The van der Waals surface area contributed by atoms with Crippen molar-refractivity contribution in [1.29, 1.82) is 0 Å². The Bertz CT molecular complexity index is 343. The third kappa shape index (κ3) is 3.82. The first-order valence-corrected chi connectivity index (χ1v) is 7.07. The maximum absolute atomic E-state index is 5.56. The zero-order valence-electron chi connectivity index (χ0n) is 11.6. The van der Waals surface area contributed by atoms with Crippen LogP contribution in [0.3, 0.4) is 0 Å². The van der Waals surface area contributed by atoms with Crippen LogP contribution in [0.25, 0.3) is 0 Å². The molecule has 1 fully saturated rings. The molecule has 0 radical (unpaired) electrons. The van der Waals surface area contributed by atoms with Crippen LogP contribution in [0.2, 0.25) is 0 Å². The summed E-state index contributed by atoms with van der Waals surface area (Å²) in [6, 6.07) is 10.8. The lowest BCUT2D eigenvalue weighted by atomic mass is 9.93. The number of nitrogens with one attached hydrogen (secondary N) is 1. The van der Waals surface area contributed by atoms with Crippen LogP contribution in [0.1, 0.15) is 44.6 Å². The number of ether oxygens (including phenoxy) is 1. The summed E-state index contributed by atoms with van der Waals surface area (Å²) in [5.74, 6) is 0.617. The first-order valence-electron chi connectivity index (χ1n) is 7.07. The van der Waals surface area contributed by atoms with Crippen molar-refractivity contribution in [3.63, 3.8) is 0 Å². The van der Waals surface area contributed by atoms with Gasteiger partial charge in [0.05, 0.1) is 6.61 Å². The zero-order chi connectivity index (χ0) is 12.8. The van der Waals surface area contributed by atoms with Crippen molar-refractivity contribution in [2.24, 2.45) is 0 Å². The van der Waals surface area contributed by atoms with Gasteiger partial charge in [-0.15, -0.1) is 0 Å². The Hall–Kier alpha value is -0.860. The minimum absolute atomic E-state index is 0.189. The Kier molecular flexibility index (Phi) is 4.79. The smallest absolute Gasteiger partial charge is 0.0645 e. The van der Waals surface area contributed by atoms with E-state index in [9.17, 15) is 0 Å². The van der Waals surface area contributed by atoms with E-state index in [4.69, 9.17) is 4.74 Å². The molecule has 100 valence electrons.